The van der Waals surface area contributed by atoms with Crippen molar-refractivity contribution in [2.24, 2.45) is 0 Å². The summed E-state index contributed by atoms with van der Waals surface area (Å²) in [5, 5.41) is 22.5. The lowest BCUT2D eigenvalue weighted by Crippen LogP contribution is -2.25. The van der Waals surface area contributed by atoms with Crippen molar-refractivity contribution in [1.29, 1.82) is 0 Å². The zero-order valence-electron chi connectivity index (χ0n) is 14.5. The Morgan fingerprint density at radius 3 is 2.76 bits per heavy atom. The maximum atomic E-state index is 10.0. The summed E-state index contributed by atoms with van der Waals surface area (Å²) >= 11 is 0. The molecule has 0 unspecified atom stereocenters. The summed E-state index contributed by atoms with van der Waals surface area (Å²) in [5.74, 6) is 0.737. The third-order valence-electron chi connectivity index (χ3n) is 4.10. The predicted molar refractivity (Wildman–Crippen MR) is 96.5 cm³/mol. The van der Waals surface area contributed by atoms with Crippen LogP contribution in [0.5, 0.6) is 11.5 Å². The first kappa shape index (κ1) is 17.4. The van der Waals surface area contributed by atoms with Crippen molar-refractivity contribution in [3.8, 4) is 22.8 Å². The van der Waals surface area contributed by atoms with Crippen LogP contribution in [0.15, 0.2) is 36.4 Å². The van der Waals surface area contributed by atoms with E-state index >= 15 is 0 Å². The van der Waals surface area contributed by atoms with Crippen LogP contribution in [0.1, 0.15) is 19.0 Å². The van der Waals surface area contributed by atoms with Crippen molar-refractivity contribution in [3.63, 3.8) is 0 Å². The normalized spacial score (nSPS) is 17.9. The summed E-state index contributed by atoms with van der Waals surface area (Å²) in [6.07, 6.45) is 2.77. The molecule has 0 radical (unpaired) electrons. The van der Waals surface area contributed by atoms with Crippen LogP contribution >= 0.6 is 0 Å². The Labute approximate surface area is 147 Å². The average molecular weight is 344 g/mol. The smallest absolute Gasteiger partial charge is 0.124 e. The SMILES string of the molecule is COC[C@H](C)Oc1cc(O)cc(-c2ccc(C3=CC[C@H](CO)N3)[nH]2)c1. The van der Waals surface area contributed by atoms with Crippen LogP contribution in [0.25, 0.3) is 17.0 Å². The van der Waals surface area contributed by atoms with Gasteiger partial charge < -0.3 is 30.0 Å². The topological polar surface area (TPSA) is 86.7 Å². The van der Waals surface area contributed by atoms with Crippen LogP contribution in [-0.4, -0.2) is 47.7 Å². The van der Waals surface area contributed by atoms with E-state index in [4.69, 9.17) is 9.47 Å². The molecule has 1 aliphatic heterocycles. The first-order chi connectivity index (χ1) is 12.1. The van der Waals surface area contributed by atoms with Crippen molar-refractivity contribution < 1.29 is 19.7 Å². The lowest BCUT2D eigenvalue weighted by Gasteiger charge is -2.14. The maximum absolute atomic E-state index is 10.0. The number of ether oxygens (including phenoxy) is 2. The fraction of sp³-hybridized carbons (Fsp3) is 0.368. The van der Waals surface area contributed by atoms with Gasteiger partial charge in [-0.15, -0.1) is 0 Å². The number of aromatic amines is 1. The van der Waals surface area contributed by atoms with E-state index in [0.717, 1.165) is 29.1 Å². The van der Waals surface area contributed by atoms with Gasteiger partial charge in [-0.25, -0.2) is 0 Å². The van der Waals surface area contributed by atoms with Crippen LogP contribution in [0.3, 0.4) is 0 Å². The molecule has 3 rings (SSSR count). The highest BCUT2D eigenvalue weighted by Crippen LogP contribution is 2.30. The molecule has 2 atom stereocenters. The lowest BCUT2D eigenvalue weighted by molar-refractivity contribution is 0.0919. The number of aromatic nitrogens is 1. The highest BCUT2D eigenvalue weighted by atomic mass is 16.5. The molecule has 0 fully saturated rings. The van der Waals surface area contributed by atoms with Gasteiger partial charge in [-0.2, -0.15) is 0 Å². The van der Waals surface area contributed by atoms with Gasteiger partial charge in [0.25, 0.3) is 0 Å². The van der Waals surface area contributed by atoms with Gasteiger partial charge in [0, 0.05) is 24.4 Å². The quantitative estimate of drug-likeness (QED) is 0.620. The molecule has 6 nitrogen and oxygen atoms in total. The molecule has 1 aliphatic rings. The number of phenolic OH excluding ortho intramolecular Hbond substituents is 1. The van der Waals surface area contributed by atoms with Gasteiger partial charge >= 0.3 is 0 Å². The molecule has 1 aromatic heterocycles. The number of aromatic hydroxyl groups is 1. The number of aliphatic hydroxyl groups is 1. The average Bonchev–Trinajstić information content (AvgIpc) is 3.23. The van der Waals surface area contributed by atoms with Crippen LogP contribution in [0.4, 0.5) is 0 Å². The number of aliphatic hydroxyl groups excluding tert-OH is 1. The first-order valence-corrected chi connectivity index (χ1v) is 8.36. The molecule has 25 heavy (non-hydrogen) atoms. The van der Waals surface area contributed by atoms with Gasteiger partial charge in [0.15, 0.2) is 0 Å². The lowest BCUT2D eigenvalue weighted by atomic mass is 10.1. The maximum Gasteiger partial charge on any atom is 0.124 e. The second-order valence-corrected chi connectivity index (χ2v) is 6.26. The highest BCUT2D eigenvalue weighted by molar-refractivity contribution is 5.70. The van der Waals surface area contributed by atoms with E-state index < -0.39 is 0 Å². The number of methoxy groups -OCH3 is 1. The molecule has 2 heterocycles. The van der Waals surface area contributed by atoms with Crippen molar-refractivity contribution in [1.82, 2.24) is 10.3 Å². The predicted octanol–water partition coefficient (Wildman–Crippen LogP) is 2.50. The van der Waals surface area contributed by atoms with Crippen molar-refractivity contribution in [2.75, 3.05) is 20.3 Å². The minimum atomic E-state index is -0.109. The van der Waals surface area contributed by atoms with Gasteiger partial charge in [-0.1, -0.05) is 6.08 Å². The van der Waals surface area contributed by atoms with Gasteiger partial charge in [-0.05, 0) is 37.6 Å². The van der Waals surface area contributed by atoms with Crippen molar-refractivity contribution >= 4 is 5.70 Å². The van der Waals surface area contributed by atoms with Crippen molar-refractivity contribution in [3.05, 3.63) is 42.1 Å². The Morgan fingerprint density at radius 1 is 1.24 bits per heavy atom. The van der Waals surface area contributed by atoms with Crippen LogP contribution in [0.2, 0.25) is 0 Å². The summed E-state index contributed by atoms with van der Waals surface area (Å²) in [6.45, 7) is 2.50. The molecule has 1 aromatic carbocycles. The number of benzene rings is 1. The summed E-state index contributed by atoms with van der Waals surface area (Å²) < 4.78 is 10.9. The number of phenols is 1. The van der Waals surface area contributed by atoms with Crippen LogP contribution in [-0.2, 0) is 4.74 Å². The van der Waals surface area contributed by atoms with E-state index in [0.29, 0.717) is 12.4 Å². The Hall–Kier alpha value is -2.44. The zero-order chi connectivity index (χ0) is 17.8. The number of nitrogens with one attached hydrogen (secondary N) is 2. The summed E-state index contributed by atoms with van der Waals surface area (Å²) in [6, 6.07) is 9.18. The number of H-pyrrole nitrogens is 1. The molecule has 0 saturated heterocycles. The number of hydrogen-bond acceptors (Lipinski definition) is 5. The summed E-state index contributed by atoms with van der Waals surface area (Å²) in [4.78, 5) is 3.35. The Bertz CT molecular complexity index is 754. The molecule has 2 aromatic rings. The Morgan fingerprint density at radius 2 is 2.04 bits per heavy atom. The van der Waals surface area contributed by atoms with E-state index in [1.165, 1.54) is 0 Å². The third kappa shape index (κ3) is 4.15. The van der Waals surface area contributed by atoms with Gasteiger partial charge in [0.2, 0.25) is 0 Å². The van der Waals surface area contributed by atoms with E-state index in [2.05, 4.69) is 16.4 Å². The largest absolute Gasteiger partial charge is 0.508 e. The first-order valence-electron chi connectivity index (χ1n) is 8.36. The third-order valence-corrected chi connectivity index (χ3v) is 4.10. The second kappa shape index (κ2) is 7.63. The molecule has 0 bridgehead atoms. The van der Waals surface area contributed by atoms with E-state index in [1.807, 2.05) is 25.1 Å². The molecule has 6 heteroatoms. The van der Waals surface area contributed by atoms with Gasteiger partial charge in [0.1, 0.15) is 17.6 Å². The zero-order valence-corrected chi connectivity index (χ0v) is 14.5. The minimum Gasteiger partial charge on any atom is -0.508 e. The van der Waals surface area contributed by atoms with Gasteiger partial charge in [-0.3, -0.25) is 0 Å². The summed E-state index contributed by atoms with van der Waals surface area (Å²) in [5.41, 5.74) is 3.65. The molecule has 0 amide bonds. The second-order valence-electron chi connectivity index (χ2n) is 6.26. The molecule has 0 spiro atoms. The molecule has 0 aliphatic carbocycles. The molecule has 134 valence electrons. The fourth-order valence-corrected chi connectivity index (χ4v) is 2.93. The Kier molecular flexibility index (Phi) is 5.31. The van der Waals surface area contributed by atoms with E-state index in [-0.39, 0.29) is 24.5 Å². The van der Waals surface area contributed by atoms with Crippen LogP contribution < -0.4 is 10.1 Å². The minimum absolute atomic E-state index is 0.0739. The molecular weight excluding hydrogens is 320 g/mol. The Balaban J connectivity index is 1.79. The summed E-state index contributed by atoms with van der Waals surface area (Å²) in [7, 11) is 1.63. The molecular formula is C19H24N2O4. The molecule has 4 N–H and O–H groups in total. The molecule has 0 saturated carbocycles. The number of rotatable bonds is 7. The van der Waals surface area contributed by atoms with Crippen molar-refractivity contribution in [2.45, 2.75) is 25.5 Å². The fourth-order valence-electron chi connectivity index (χ4n) is 2.93. The van der Waals surface area contributed by atoms with E-state index in [9.17, 15) is 10.2 Å². The highest BCUT2D eigenvalue weighted by Gasteiger charge is 2.17. The monoisotopic (exact) mass is 344 g/mol. The standard InChI is InChI=1S/C19H24N2O4/c1-12(11-24-2)25-16-8-13(7-15(23)9-16)17-5-6-19(21-17)18-4-3-14(10-22)20-18/h4-9,12,14,20-23H,3,10-11H2,1-2H3/t12-,14+/m0/s1. The number of hydrogen-bond donors (Lipinski definition) is 4. The van der Waals surface area contributed by atoms with E-state index in [1.54, 1.807) is 19.2 Å². The van der Waals surface area contributed by atoms with Gasteiger partial charge in [0.05, 0.1) is 30.6 Å². The van der Waals surface area contributed by atoms with Crippen LogP contribution in [0, 0.1) is 0 Å².